The summed E-state index contributed by atoms with van der Waals surface area (Å²) in [5.41, 5.74) is -0.764. The van der Waals surface area contributed by atoms with E-state index in [2.05, 4.69) is 0 Å². The first kappa shape index (κ1) is 12.4. The number of alkyl halides is 3. The van der Waals surface area contributed by atoms with Gasteiger partial charge in [0, 0.05) is 6.42 Å². The van der Waals surface area contributed by atoms with Crippen LogP contribution >= 0.6 is 0 Å². The highest BCUT2D eigenvalue weighted by Gasteiger charge is 2.30. The van der Waals surface area contributed by atoms with Crippen LogP contribution in [0.3, 0.4) is 0 Å². The number of phenolic OH excluding ortho intramolecular Hbond substituents is 1. The van der Waals surface area contributed by atoms with Gasteiger partial charge in [0.05, 0.1) is 5.56 Å². The molecule has 1 rings (SSSR count). The summed E-state index contributed by atoms with van der Waals surface area (Å²) in [5.74, 6) is -1.60. The number of aryl methyl sites for hydroxylation is 1. The Morgan fingerprint density at radius 3 is 2.38 bits per heavy atom. The van der Waals surface area contributed by atoms with Crippen LogP contribution in [0.2, 0.25) is 0 Å². The van der Waals surface area contributed by atoms with Gasteiger partial charge < -0.3 is 10.2 Å². The minimum atomic E-state index is -4.51. The second kappa shape index (κ2) is 4.42. The first-order chi connectivity index (χ1) is 7.30. The quantitative estimate of drug-likeness (QED) is 0.844. The molecule has 0 saturated heterocycles. The van der Waals surface area contributed by atoms with Gasteiger partial charge in [-0.15, -0.1) is 0 Å². The van der Waals surface area contributed by atoms with E-state index in [1.807, 2.05) is 0 Å². The molecule has 0 fully saturated rings. The number of benzene rings is 1. The molecule has 1 aromatic carbocycles. The normalized spacial score (nSPS) is 11.4. The number of halogens is 3. The van der Waals surface area contributed by atoms with Crippen molar-refractivity contribution >= 4 is 5.97 Å². The van der Waals surface area contributed by atoms with Crippen molar-refractivity contribution in [1.29, 1.82) is 0 Å². The molecule has 6 heteroatoms. The van der Waals surface area contributed by atoms with Crippen molar-refractivity contribution in [2.24, 2.45) is 0 Å². The number of aromatic hydroxyl groups is 1. The fraction of sp³-hybridized carbons (Fsp3) is 0.300. The minimum Gasteiger partial charge on any atom is -0.508 e. The van der Waals surface area contributed by atoms with E-state index in [1.54, 1.807) is 0 Å². The molecule has 0 aliphatic carbocycles. The molecule has 0 unspecified atom stereocenters. The molecule has 0 radical (unpaired) electrons. The fourth-order valence-corrected chi connectivity index (χ4v) is 1.19. The predicted octanol–water partition coefficient (Wildman–Crippen LogP) is 2.43. The van der Waals surface area contributed by atoms with Crippen molar-refractivity contribution in [3.63, 3.8) is 0 Å². The zero-order chi connectivity index (χ0) is 12.3. The maximum absolute atomic E-state index is 12.2. The second-order valence-corrected chi connectivity index (χ2v) is 3.23. The van der Waals surface area contributed by atoms with Crippen LogP contribution in [0.25, 0.3) is 0 Å². The molecule has 2 N–H and O–H groups in total. The first-order valence-electron chi connectivity index (χ1n) is 4.41. The molecule has 0 amide bonds. The Hall–Kier alpha value is -1.72. The van der Waals surface area contributed by atoms with Gasteiger partial charge in [-0.1, -0.05) is 6.07 Å². The van der Waals surface area contributed by atoms with Crippen molar-refractivity contribution in [3.05, 3.63) is 29.3 Å². The number of carboxylic acid groups (broad SMARTS) is 1. The summed E-state index contributed by atoms with van der Waals surface area (Å²) in [6, 6.07) is 2.50. The number of carboxylic acids is 1. The number of phenols is 1. The molecule has 0 atom stereocenters. The van der Waals surface area contributed by atoms with Gasteiger partial charge in [0.1, 0.15) is 5.75 Å². The lowest BCUT2D eigenvalue weighted by Gasteiger charge is -2.09. The molecular weight excluding hydrogens is 225 g/mol. The summed E-state index contributed by atoms with van der Waals surface area (Å²) in [6.45, 7) is 0. The SMILES string of the molecule is O=C(O)CCc1ccc(C(F)(F)F)cc1O. The molecule has 0 saturated carbocycles. The van der Waals surface area contributed by atoms with Gasteiger partial charge in [0.15, 0.2) is 0 Å². The maximum Gasteiger partial charge on any atom is 0.416 e. The summed E-state index contributed by atoms with van der Waals surface area (Å²) in [7, 11) is 0. The third-order valence-corrected chi connectivity index (χ3v) is 2.02. The van der Waals surface area contributed by atoms with E-state index in [9.17, 15) is 23.1 Å². The summed E-state index contributed by atoms with van der Waals surface area (Å²) >= 11 is 0. The number of aliphatic carboxylic acids is 1. The van der Waals surface area contributed by atoms with Crippen molar-refractivity contribution in [3.8, 4) is 5.75 Å². The van der Waals surface area contributed by atoms with Crippen LogP contribution in [0.1, 0.15) is 17.5 Å². The van der Waals surface area contributed by atoms with E-state index in [-0.39, 0.29) is 18.4 Å². The highest BCUT2D eigenvalue weighted by atomic mass is 19.4. The third-order valence-electron chi connectivity index (χ3n) is 2.02. The molecule has 88 valence electrons. The molecule has 0 heterocycles. The molecule has 3 nitrogen and oxygen atoms in total. The summed E-state index contributed by atoms with van der Waals surface area (Å²) in [5, 5.41) is 17.7. The van der Waals surface area contributed by atoms with E-state index >= 15 is 0 Å². The molecule has 0 aliphatic heterocycles. The van der Waals surface area contributed by atoms with E-state index in [0.29, 0.717) is 6.07 Å². The van der Waals surface area contributed by atoms with E-state index in [1.165, 1.54) is 0 Å². The van der Waals surface area contributed by atoms with Crippen LogP contribution < -0.4 is 0 Å². The Morgan fingerprint density at radius 2 is 1.94 bits per heavy atom. The van der Waals surface area contributed by atoms with Gasteiger partial charge in [0.25, 0.3) is 0 Å². The number of hydrogen-bond acceptors (Lipinski definition) is 2. The van der Waals surface area contributed by atoms with Gasteiger partial charge in [0.2, 0.25) is 0 Å². The van der Waals surface area contributed by atoms with E-state index < -0.39 is 23.5 Å². The highest BCUT2D eigenvalue weighted by molar-refractivity contribution is 5.67. The average molecular weight is 234 g/mol. The summed E-state index contributed by atoms with van der Waals surface area (Å²) in [4.78, 5) is 10.2. The van der Waals surface area contributed by atoms with Crippen LogP contribution in [0.5, 0.6) is 5.75 Å². The molecule has 0 aliphatic rings. The van der Waals surface area contributed by atoms with Crippen LogP contribution in [-0.2, 0) is 17.4 Å². The average Bonchev–Trinajstić information content (AvgIpc) is 2.14. The Bertz CT molecular complexity index is 399. The molecule has 0 spiro atoms. The monoisotopic (exact) mass is 234 g/mol. The van der Waals surface area contributed by atoms with Crippen LogP contribution in [-0.4, -0.2) is 16.2 Å². The number of hydrogen-bond donors (Lipinski definition) is 2. The van der Waals surface area contributed by atoms with Gasteiger partial charge in [-0.2, -0.15) is 13.2 Å². The third kappa shape index (κ3) is 3.15. The van der Waals surface area contributed by atoms with Crippen molar-refractivity contribution in [2.75, 3.05) is 0 Å². The van der Waals surface area contributed by atoms with Gasteiger partial charge in [-0.05, 0) is 24.1 Å². The largest absolute Gasteiger partial charge is 0.508 e. The number of carbonyl (C=O) groups is 1. The van der Waals surface area contributed by atoms with Gasteiger partial charge in [-0.3, -0.25) is 4.79 Å². The lowest BCUT2D eigenvalue weighted by Crippen LogP contribution is -2.05. The molecule has 1 aromatic rings. The second-order valence-electron chi connectivity index (χ2n) is 3.23. The lowest BCUT2D eigenvalue weighted by atomic mass is 10.1. The van der Waals surface area contributed by atoms with Crippen LogP contribution in [0.15, 0.2) is 18.2 Å². The molecule has 0 aromatic heterocycles. The van der Waals surface area contributed by atoms with E-state index in [0.717, 1.165) is 12.1 Å². The molecule has 0 bridgehead atoms. The molecule has 16 heavy (non-hydrogen) atoms. The number of rotatable bonds is 3. The standard InChI is InChI=1S/C10H9F3O3/c11-10(12,13)7-3-1-6(8(14)5-7)2-4-9(15)16/h1,3,5,14H,2,4H2,(H,15,16). The van der Waals surface area contributed by atoms with Gasteiger partial charge >= 0.3 is 12.1 Å². The van der Waals surface area contributed by atoms with Crippen molar-refractivity contribution in [2.45, 2.75) is 19.0 Å². The topological polar surface area (TPSA) is 57.5 Å². The first-order valence-corrected chi connectivity index (χ1v) is 4.41. The van der Waals surface area contributed by atoms with Crippen molar-refractivity contribution in [1.82, 2.24) is 0 Å². The van der Waals surface area contributed by atoms with E-state index in [4.69, 9.17) is 5.11 Å². The summed E-state index contributed by atoms with van der Waals surface area (Å²) in [6.07, 6.45) is -4.75. The molecular formula is C10H9F3O3. The Balaban J connectivity index is 2.88. The van der Waals surface area contributed by atoms with Crippen molar-refractivity contribution < 1.29 is 28.2 Å². The zero-order valence-corrected chi connectivity index (χ0v) is 8.08. The Labute approximate surface area is 89.1 Å². The minimum absolute atomic E-state index is 0.000691. The maximum atomic E-state index is 12.2. The Kier molecular flexibility index (Phi) is 3.41. The van der Waals surface area contributed by atoms with Gasteiger partial charge in [-0.25, -0.2) is 0 Å². The Morgan fingerprint density at radius 1 is 1.31 bits per heavy atom. The predicted molar refractivity (Wildman–Crippen MR) is 49.1 cm³/mol. The lowest BCUT2D eigenvalue weighted by molar-refractivity contribution is -0.138. The smallest absolute Gasteiger partial charge is 0.416 e. The fourth-order valence-electron chi connectivity index (χ4n) is 1.19. The van der Waals surface area contributed by atoms with Crippen LogP contribution in [0.4, 0.5) is 13.2 Å². The highest BCUT2D eigenvalue weighted by Crippen LogP contribution is 2.32. The van der Waals surface area contributed by atoms with Crippen LogP contribution in [0, 0.1) is 0 Å². The summed E-state index contributed by atoms with van der Waals surface area (Å²) < 4.78 is 36.6. The zero-order valence-electron chi connectivity index (χ0n) is 8.08.